The average Bonchev–Trinajstić information content (AvgIpc) is 2.53. The Morgan fingerprint density at radius 2 is 1.96 bits per heavy atom. The predicted molar refractivity (Wildman–Crippen MR) is 104 cm³/mol. The number of nitrogens with zero attached hydrogens (tertiary/aromatic N) is 1. The molecule has 1 aromatic carbocycles. The SMILES string of the molecule is CCCCN=C([Se])NC(NC(=O)/C=C/c1ccccc1)C(Cl)(Cl)Cl. The van der Waals surface area contributed by atoms with Crippen molar-refractivity contribution in [3.63, 3.8) is 0 Å². The van der Waals surface area contributed by atoms with Crippen molar-refractivity contribution in [2.75, 3.05) is 6.54 Å². The van der Waals surface area contributed by atoms with Gasteiger partial charge < -0.3 is 0 Å². The number of amides is 1. The quantitative estimate of drug-likeness (QED) is 0.126. The number of carbonyl (C=O) groups excluding carboxylic acids is 1. The molecular weight excluding hydrogens is 436 g/mol. The maximum atomic E-state index is 12.1. The molecule has 0 aliphatic carbocycles. The van der Waals surface area contributed by atoms with Gasteiger partial charge in [-0.1, -0.05) is 0 Å². The topological polar surface area (TPSA) is 53.5 Å². The first-order chi connectivity index (χ1) is 11.3. The molecule has 0 aliphatic rings. The van der Waals surface area contributed by atoms with Gasteiger partial charge in [-0.2, -0.15) is 0 Å². The van der Waals surface area contributed by atoms with Crippen LogP contribution in [0.3, 0.4) is 0 Å². The van der Waals surface area contributed by atoms with Crippen molar-refractivity contribution in [3.8, 4) is 0 Å². The third-order valence-electron chi connectivity index (χ3n) is 2.88. The molecule has 24 heavy (non-hydrogen) atoms. The number of halogens is 3. The minimum atomic E-state index is -1.73. The molecule has 131 valence electrons. The van der Waals surface area contributed by atoms with Crippen LogP contribution in [0, 0.1) is 0 Å². The van der Waals surface area contributed by atoms with E-state index in [9.17, 15) is 4.79 Å². The van der Waals surface area contributed by atoms with Crippen LogP contribution in [0.4, 0.5) is 0 Å². The zero-order valence-corrected chi connectivity index (χ0v) is 17.1. The van der Waals surface area contributed by atoms with Crippen LogP contribution in [-0.4, -0.2) is 43.2 Å². The second-order valence-electron chi connectivity index (χ2n) is 4.91. The second-order valence-corrected chi connectivity index (χ2v) is 8.09. The molecule has 1 rings (SSSR count). The zero-order valence-electron chi connectivity index (χ0n) is 13.1. The fourth-order valence-corrected chi connectivity index (χ4v) is 2.40. The normalized spacial score (nSPS) is 13.8. The van der Waals surface area contributed by atoms with E-state index in [1.165, 1.54) is 6.08 Å². The van der Waals surface area contributed by atoms with Crippen molar-refractivity contribution in [1.29, 1.82) is 0 Å². The summed E-state index contributed by atoms with van der Waals surface area (Å²) in [6, 6.07) is 9.43. The van der Waals surface area contributed by atoms with Crippen LogP contribution >= 0.6 is 34.8 Å². The van der Waals surface area contributed by atoms with Gasteiger partial charge in [0.15, 0.2) is 0 Å². The standard InChI is InChI=1S/C16H19Cl3N3OSe/c1-2-3-11-20-15(24)22-14(16(17,18)19)21-13(23)10-9-12-7-5-4-6-8-12/h4-10,14H,2-3,11H2,1H3,(H,20,22)(H,21,23)/b10-9+. The van der Waals surface area contributed by atoms with E-state index in [0.717, 1.165) is 18.4 Å². The van der Waals surface area contributed by atoms with Crippen LogP contribution in [0.2, 0.25) is 0 Å². The van der Waals surface area contributed by atoms with E-state index in [1.807, 2.05) is 30.3 Å². The van der Waals surface area contributed by atoms with E-state index < -0.39 is 9.96 Å². The molecule has 0 fully saturated rings. The molecule has 4 nitrogen and oxygen atoms in total. The first-order valence-corrected chi connectivity index (χ1v) is 9.40. The van der Waals surface area contributed by atoms with E-state index in [2.05, 4.69) is 38.6 Å². The van der Waals surface area contributed by atoms with Crippen LogP contribution in [0.25, 0.3) is 6.08 Å². The molecular formula is C16H19Cl3N3OSe. The number of hydrogen-bond donors (Lipinski definition) is 2. The first-order valence-electron chi connectivity index (χ1n) is 7.41. The first kappa shape index (κ1) is 21.3. The van der Waals surface area contributed by atoms with Gasteiger partial charge in [0, 0.05) is 0 Å². The molecule has 1 radical (unpaired) electrons. The molecule has 2 N–H and O–H groups in total. The van der Waals surface area contributed by atoms with Gasteiger partial charge in [-0.15, -0.1) is 0 Å². The van der Waals surface area contributed by atoms with Crippen molar-refractivity contribution in [1.82, 2.24) is 10.6 Å². The van der Waals surface area contributed by atoms with Gasteiger partial charge in [-0.3, -0.25) is 0 Å². The number of rotatable bonds is 7. The van der Waals surface area contributed by atoms with Crippen molar-refractivity contribution in [2.45, 2.75) is 29.7 Å². The molecule has 0 bridgehead atoms. The number of unbranched alkanes of at least 4 members (excludes halogenated alkanes) is 1. The van der Waals surface area contributed by atoms with Crippen LogP contribution in [0.15, 0.2) is 41.4 Å². The summed E-state index contributed by atoms with van der Waals surface area (Å²) in [5.74, 6) is -0.385. The number of amidine groups is 1. The molecule has 0 saturated heterocycles. The Hall–Kier alpha value is -0.711. The Bertz CT molecular complexity index is 574. The Balaban J connectivity index is 2.67. The Labute approximate surface area is 165 Å². The van der Waals surface area contributed by atoms with Gasteiger partial charge in [0.05, 0.1) is 0 Å². The predicted octanol–water partition coefficient (Wildman–Crippen LogP) is 3.43. The van der Waals surface area contributed by atoms with Crippen LogP contribution in [-0.2, 0) is 4.79 Å². The number of nitrogens with one attached hydrogen (secondary N) is 2. The van der Waals surface area contributed by atoms with Gasteiger partial charge in [-0.25, -0.2) is 0 Å². The van der Waals surface area contributed by atoms with Crippen molar-refractivity contribution in [3.05, 3.63) is 42.0 Å². The Morgan fingerprint density at radius 1 is 1.29 bits per heavy atom. The van der Waals surface area contributed by atoms with Gasteiger partial charge in [0.1, 0.15) is 0 Å². The Morgan fingerprint density at radius 3 is 2.54 bits per heavy atom. The molecule has 0 aliphatic heterocycles. The summed E-state index contributed by atoms with van der Waals surface area (Å²) >= 11 is 20.5. The molecule has 0 heterocycles. The second kappa shape index (κ2) is 11.0. The molecule has 8 heteroatoms. The van der Waals surface area contributed by atoms with E-state index in [1.54, 1.807) is 6.08 Å². The minimum absolute atomic E-state index is 0.385. The van der Waals surface area contributed by atoms with Crippen molar-refractivity contribution >= 4 is 67.5 Å². The number of hydrogen-bond acceptors (Lipinski definition) is 2. The third-order valence-corrected chi connectivity index (χ3v) is 4.05. The van der Waals surface area contributed by atoms with Crippen LogP contribution < -0.4 is 10.6 Å². The zero-order chi connectivity index (χ0) is 18.0. The van der Waals surface area contributed by atoms with Crippen molar-refractivity contribution < 1.29 is 4.79 Å². The third kappa shape index (κ3) is 8.95. The fourth-order valence-electron chi connectivity index (χ4n) is 1.63. The monoisotopic (exact) mass is 454 g/mol. The van der Waals surface area contributed by atoms with Crippen molar-refractivity contribution in [2.24, 2.45) is 4.99 Å². The van der Waals surface area contributed by atoms with Crippen LogP contribution in [0.1, 0.15) is 25.3 Å². The molecule has 1 amide bonds. The number of benzene rings is 1. The number of carbonyl (C=O) groups is 1. The molecule has 0 saturated carbocycles. The van der Waals surface area contributed by atoms with E-state index in [-0.39, 0.29) is 5.91 Å². The van der Waals surface area contributed by atoms with Crippen LogP contribution in [0.5, 0.6) is 0 Å². The number of aliphatic imine (C=N–C) groups is 1. The summed E-state index contributed by atoms with van der Waals surface area (Å²) in [6.45, 7) is 2.73. The van der Waals surface area contributed by atoms with E-state index >= 15 is 0 Å². The van der Waals surface area contributed by atoms with Gasteiger partial charge in [-0.05, 0) is 0 Å². The van der Waals surface area contributed by atoms with Gasteiger partial charge in [0.2, 0.25) is 0 Å². The van der Waals surface area contributed by atoms with Gasteiger partial charge >= 0.3 is 166 Å². The molecule has 1 aromatic rings. The summed E-state index contributed by atoms with van der Waals surface area (Å²) in [6.07, 6.45) is 4.13. The molecule has 1 atom stereocenters. The van der Waals surface area contributed by atoms with E-state index in [4.69, 9.17) is 34.8 Å². The summed E-state index contributed by atoms with van der Waals surface area (Å²) < 4.78 is -1.25. The summed E-state index contributed by atoms with van der Waals surface area (Å²) in [4.78, 5) is 16.3. The number of alkyl halides is 3. The van der Waals surface area contributed by atoms with Gasteiger partial charge in [0.25, 0.3) is 0 Å². The molecule has 0 aromatic heterocycles. The molecule has 0 spiro atoms. The Kier molecular flexibility index (Phi) is 9.79. The summed E-state index contributed by atoms with van der Waals surface area (Å²) in [5, 5.41) is 5.49. The fraction of sp³-hybridized carbons (Fsp3) is 0.375. The summed E-state index contributed by atoms with van der Waals surface area (Å²) in [7, 11) is 0. The maximum absolute atomic E-state index is 12.1. The molecule has 1 unspecified atom stereocenters. The average molecular weight is 455 g/mol. The summed E-state index contributed by atoms with van der Waals surface area (Å²) in [5.41, 5.74) is 0.900. The van der Waals surface area contributed by atoms with E-state index in [0.29, 0.717) is 11.3 Å².